The molecule has 0 radical (unpaired) electrons. The van der Waals surface area contributed by atoms with E-state index in [0.29, 0.717) is 5.92 Å². The average molecular weight is 272 g/mol. The van der Waals surface area contributed by atoms with Crippen molar-refractivity contribution >= 4 is 11.8 Å². The van der Waals surface area contributed by atoms with Crippen LogP contribution < -0.4 is 5.73 Å². The molecule has 19 heavy (non-hydrogen) atoms. The number of aromatic nitrogens is 1. The van der Waals surface area contributed by atoms with Gasteiger partial charge in [0.15, 0.2) is 0 Å². The lowest BCUT2D eigenvalue weighted by molar-refractivity contribution is 0.808. The van der Waals surface area contributed by atoms with Gasteiger partial charge >= 0.3 is 0 Å². The number of nitrogens with two attached hydrogens (primary N) is 1. The summed E-state index contributed by atoms with van der Waals surface area (Å²) >= 11 is 1.67. The Balaban J connectivity index is 2.14. The van der Waals surface area contributed by atoms with E-state index >= 15 is 0 Å². The van der Waals surface area contributed by atoms with Crippen molar-refractivity contribution in [3.05, 3.63) is 53.7 Å². The van der Waals surface area contributed by atoms with Crippen molar-refractivity contribution in [2.45, 2.75) is 42.7 Å². The quantitative estimate of drug-likeness (QED) is 0.898. The first-order valence-electron chi connectivity index (χ1n) is 6.55. The number of hydrogen-bond acceptors (Lipinski definition) is 3. The summed E-state index contributed by atoms with van der Waals surface area (Å²) in [6.07, 6.45) is 1.82. The maximum absolute atomic E-state index is 5.89. The lowest BCUT2D eigenvalue weighted by Crippen LogP contribution is -2.04. The van der Waals surface area contributed by atoms with E-state index in [1.54, 1.807) is 11.8 Å². The SMILES string of the molecule is CC(C)c1ccc(Sc2cc([C@H](C)N)ccn2)cc1. The number of hydrogen-bond donors (Lipinski definition) is 1. The van der Waals surface area contributed by atoms with Gasteiger partial charge < -0.3 is 5.73 Å². The van der Waals surface area contributed by atoms with Crippen LogP contribution in [0.4, 0.5) is 0 Å². The Morgan fingerprint density at radius 3 is 2.26 bits per heavy atom. The van der Waals surface area contributed by atoms with Gasteiger partial charge in [-0.25, -0.2) is 4.98 Å². The van der Waals surface area contributed by atoms with Crippen LogP contribution in [0.15, 0.2) is 52.5 Å². The van der Waals surface area contributed by atoms with E-state index in [0.717, 1.165) is 10.6 Å². The van der Waals surface area contributed by atoms with E-state index in [-0.39, 0.29) is 6.04 Å². The van der Waals surface area contributed by atoms with Crippen LogP contribution in [0.1, 0.15) is 43.9 Å². The average Bonchev–Trinajstić information content (AvgIpc) is 2.39. The summed E-state index contributed by atoms with van der Waals surface area (Å²) in [6.45, 7) is 6.40. The number of nitrogens with zero attached hydrogens (tertiary/aromatic N) is 1. The van der Waals surface area contributed by atoms with Crippen molar-refractivity contribution in [2.24, 2.45) is 5.73 Å². The Morgan fingerprint density at radius 1 is 1.00 bits per heavy atom. The molecule has 1 aromatic heterocycles. The highest BCUT2D eigenvalue weighted by atomic mass is 32.2. The monoisotopic (exact) mass is 272 g/mol. The van der Waals surface area contributed by atoms with E-state index in [1.807, 2.05) is 19.2 Å². The molecule has 1 heterocycles. The summed E-state index contributed by atoms with van der Waals surface area (Å²) in [5.41, 5.74) is 8.38. The molecular weight excluding hydrogens is 252 g/mol. The van der Waals surface area contributed by atoms with Crippen molar-refractivity contribution in [1.82, 2.24) is 4.98 Å². The van der Waals surface area contributed by atoms with E-state index in [4.69, 9.17) is 5.73 Å². The van der Waals surface area contributed by atoms with E-state index < -0.39 is 0 Å². The largest absolute Gasteiger partial charge is 0.324 e. The molecule has 0 spiro atoms. The van der Waals surface area contributed by atoms with Crippen LogP contribution in [-0.2, 0) is 0 Å². The molecule has 2 rings (SSSR count). The summed E-state index contributed by atoms with van der Waals surface area (Å²) in [6, 6.07) is 12.7. The molecule has 3 heteroatoms. The topological polar surface area (TPSA) is 38.9 Å². The molecule has 0 aliphatic heterocycles. The summed E-state index contributed by atoms with van der Waals surface area (Å²) in [5.74, 6) is 0.568. The van der Waals surface area contributed by atoms with Gasteiger partial charge in [-0.05, 0) is 48.2 Å². The summed E-state index contributed by atoms with van der Waals surface area (Å²) in [4.78, 5) is 5.59. The smallest absolute Gasteiger partial charge is 0.101 e. The van der Waals surface area contributed by atoms with Gasteiger partial charge in [-0.15, -0.1) is 0 Å². The first kappa shape index (κ1) is 14.1. The van der Waals surface area contributed by atoms with E-state index in [2.05, 4.69) is 49.2 Å². The molecule has 0 saturated heterocycles. The summed E-state index contributed by atoms with van der Waals surface area (Å²) in [5, 5.41) is 0.993. The zero-order valence-corrected chi connectivity index (χ0v) is 12.4. The first-order valence-corrected chi connectivity index (χ1v) is 7.37. The molecule has 1 aromatic carbocycles. The first-order chi connectivity index (χ1) is 9.06. The Hall–Kier alpha value is -1.32. The van der Waals surface area contributed by atoms with Crippen LogP contribution in [0, 0.1) is 0 Å². The predicted molar refractivity (Wildman–Crippen MR) is 81.5 cm³/mol. The lowest BCUT2D eigenvalue weighted by Gasteiger charge is -2.08. The second-order valence-corrected chi connectivity index (χ2v) is 6.14. The van der Waals surface area contributed by atoms with Crippen LogP contribution >= 0.6 is 11.8 Å². The third kappa shape index (κ3) is 3.82. The van der Waals surface area contributed by atoms with Crippen LogP contribution in [0.2, 0.25) is 0 Å². The molecule has 0 saturated carbocycles. The van der Waals surface area contributed by atoms with Crippen LogP contribution in [0.3, 0.4) is 0 Å². The molecule has 0 aliphatic rings. The highest BCUT2D eigenvalue weighted by Crippen LogP contribution is 2.28. The fourth-order valence-electron chi connectivity index (χ4n) is 1.81. The molecule has 0 bridgehead atoms. The Bertz CT molecular complexity index is 533. The van der Waals surface area contributed by atoms with Gasteiger partial charge in [0.25, 0.3) is 0 Å². The molecule has 0 aliphatic carbocycles. The maximum Gasteiger partial charge on any atom is 0.101 e. The lowest BCUT2D eigenvalue weighted by atomic mass is 10.0. The Morgan fingerprint density at radius 2 is 1.68 bits per heavy atom. The Labute approximate surface area is 119 Å². The fraction of sp³-hybridized carbons (Fsp3) is 0.312. The van der Waals surface area contributed by atoms with Crippen LogP contribution in [0.5, 0.6) is 0 Å². The van der Waals surface area contributed by atoms with Crippen molar-refractivity contribution in [3.8, 4) is 0 Å². The Kier molecular flexibility index (Phi) is 4.61. The number of benzene rings is 1. The zero-order valence-electron chi connectivity index (χ0n) is 11.6. The van der Waals surface area contributed by atoms with Crippen LogP contribution in [0.25, 0.3) is 0 Å². The van der Waals surface area contributed by atoms with Gasteiger partial charge in [-0.1, -0.05) is 37.7 Å². The highest BCUT2D eigenvalue weighted by Gasteiger charge is 2.04. The van der Waals surface area contributed by atoms with Crippen molar-refractivity contribution in [3.63, 3.8) is 0 Å². The van der Waals surface area contributed by atoms with Gasteiger partial charge in [0.2, 0.25) is 0 Å². The van der Waals surface area contributed by atoms with Crippen LogP contribution in [-0.4, -0.2) is 4.98 Å². The van der Waals surface area contributed by atoms with Gasteiger partial charge in [0.1, 0.15) is 5.03 Å². The molecule has 0 fully saturated rings. The van der Waals surface area contributed by atoms with Crippen molar-refractivity contribution in [1.29, 1.82) is 0 Å². The molecule has 100 valence electrons. The van der Waals surface area contributed by atoms with Gasteiger partial charge in [0, 0.05) is 17.1 Å². The zero-order chi connectivity index (χ0) is 13.8. The molecule has 0 unspecified atom stereocenters. The predicted octanol–water partition coefficient (Wildman–Crippen LogP) is 4.38. The fourth-order valence-corrected chi connectivity index (χ4v) is 2.63. The van der Waals surface area contributed by atoms with Gasteiger partial charge in [0.05, 0.1) is 0 Å². The molecule has 0 amide bonds. The van der Waals surface area contributed by atoms with Gasteiger partial charge in [-0.3, -0.25) is 0 Å². The van der Waals surface area contributed by atoms with Crippen molar-refractivity contribution in [2.75, 3.05) is 0 Å². The number of rotatable bonds is 4. The maximum atomic E-state index is 5.89. The highest BCUT2D eigenvalue weighted by molar-refractivity contribution is 7.99. The minimum atomic E-state index is 0.0469. The second kappa shape index (κ2) is 6.22. The normalized spacial score (nSPS) is 12.7. The van der Waals surface area contributed by atoms with Gasteiger partial charge in [-0.2, -0.15) is 0 Å². The molecule has 2 N–H and O–H groups in total. The van der Waals surface area contributed by atoms with E-state index in [9.17, 15) is 0 Å². The minimum Gasteiger partial charge on any atom is -0.324 e. The molecule has 2 nitrogen and oxygen atoms in total. The molecule has 2 aromatic rings. The third-order valence-corrected chi connectivity index (χ3v) is 3.99. The molecule has 1 atom stereocenters. The standard InChI is InChI=1S/C16H20N2S/c1-11(2)13-4-6-15(7-5-13)19-16-10-14(12(3)17)8-9-18-16/h4-12H,17H2,1-3H3/t12-/m0/s1. The second-order valence-electron chi connectivity index (χ2n) is 5.04. The van der Waals surface area contributed by atoms with Crippen molar-refractivity contribution < 1.29 is 0 Å². The summed E-state index contributed by atoms with van der Waals surface area (Å²) in [7, 11) is 0. The minimum absolute atomic E-state index is 0.0469. The van der Waals surface area contributed by atoms with E-state index in [1.165, 1.54) is 10.5 Å². The number of pyridine rings is 1. The third-order valence-electron chi connectivity index (χ3n) is 3.05. The molecular formula is C16H20N2S. The summed E-state index contributed by atoms with van der Waals surface area (Å²) < 4.78 is 0.